The molecule has 108 valence electrons. The maximum Gasteiger partial charge on any atom is 0.254 e. The van der Waals surface area contributed by atoms with E-state index in [4.69, 9.17) is 0 Å². The second-order valence-corrected chi connectivity index (χ2v) is 4.79. The molecular weight excluding hydrogens is 250 g/mol. The van der Waals surface area contributed by atoms with Gasteiger partial charge < -0.3 is 4.90 Å². The Kier molecular flexibility index (Phi) is 5.68. The molecule has 0 saturated heterocycles. The Morgan fingerprint density at radius 3 is 2.30 bits per heavy atom. The third-order valence-corrected chi connectivity index (χ3v) is 3.59. The van der Waals surface area contributed by atoms with E-state index in [-0.39, 0.29) is 5.91 Å². The molecule has 3 nitrogen and oxygen atoms in total. The number of hydrogen-bond donors (Lipinski definition) is 0. The van der Waals surface area contributed by atoms with Crippen molar-refractivity contribution in [2.75, 3.05) is 13.1 Å². The van der Waals surface area contributed by atoms with Crippen LogP contribution in [0.1, 0.15) is 58.2 Å². The molecule has 0 bridgehead atoms. The number of nitrogens with zero attached hydrogens (tertiary/aromatic N) is 1. The van der Waals surface area contributed by atoms with Gasteiger partial charge in [-0.1, -0.05) is 12.2 Å². The van der Waals surface area contributed by atoms with Crippen LogP contribution in [0.25, 0.3) is 6.08 Å². The van der Waals surface area contributed by atoms with Crippen molar-refractivity contribution in [2.24, 2.45) is 0 Å². The molecule has 0 spiro atoms. The van der Waals surface area contributed by atoms with Gasteiger partial charge in [-0.05, 0) is 57.4 Å². The van der Waals surface area contributed by atoms with Gasteiger partial charge in [0.1, 0.15) is 0 Å². The number of hydrogen-bond acceptors (Lipinski definition) is 2. The maximum atomic E-state index is 12.6. The van der Waals surface area contributed by atoms with Crippen LogP contribution in [0.5, 0.6) is 0 Å². The van der Waals surface area contributed by atoms with Crippen molar-refractivity contribution < 1.29 is 9.59 Å². The molecule has 20 heavy (non-hydrogen) atoms. The lowest BCUT2D eigenvalue weighted by Gasteiger charge is -2.22. The summed E-state index contributed by atoms with van der Waals surface area (Å²) in [6, 6.07) is 1.80. The highest BCUT2D eigenvalue weighted by molar-refractivity contribution is 6.03. The lowest BCUT2D eigenvalue weighted by molar-refractivity contribution is 0.0769. The number of aryl methyl sites for hydroxylation is 1. The minimum atomic E-state index is -0.0691. The minimum Gasteiger partial charge on any atom is -0.339 e. The molecule has 1 aromatic carbocycles. The Labute approximate surface area is 121 Å². The lowest BCUT2D eigenvalue weighted by atomic mass is 9.92. The minimum absolute atomic E-state index is 0.0691. The summed E-state index contributed by atoms with van der Waals surface area (Å²) in [5, 5.41) is 0. The number of amides is 1. The van der Waals surface area contributed by atoms with Gasteiger partial charge >= 0.3 is 0 Å². The second-order valence-electron chi connectivity index (χ2n) is 4.79. The molecule has 1 rings (SSSR count). The third kappa shape index (κ3) is 2.98. The predicted molar refractivity (Wildman–Crippen MR) is 83.3 cm³/mol. The van der Waals surface area contributed by atoms with Crippen molar-refractivity contribution in [3.05, 3.63) is 40.0 Å². The topological polar surface area (TPSA) is 37.4 Å². The monoisotopic (exact) mass is 273 g/mol. The zero-order chi connectivity index (χ0) is 15.3. The van der Waals surface area contributed by atoms with E-state index in [1.54, 1.807) is 11.0 Å². The highest BCUT2D eigenvalue weighted by Gasteiger charge is 2.21. The van der Waals surface area contributed by atoms with Crippen LogP contribution < -0.4 is 0 Å². The van der Waals surface area contributed by atoms with E-state index in [9.17, 15) is 9.59 Å². The van der Waals surface area contributed by atoms with Crippen molar-refractivity contribution in [3.63, 3.8) is 0 Å². The molecule has 0 aromatic heterocycles. The van der Waals surface area contributed by atoms with Gasteiger partial charge in [-0.15, -0.1) is 0 Å². The van der Waals surface area contributed by atoms with E-state index in [1.807, 2.05) is 46.8 Å². The molecule has 1 amide bonds. The summed E-state index contributed by atoms with van der Waals surface area (Å²) in [7, 11) is 0. The lowest BCUT2D eigenvalue weighted by Crippen LogP contribution is -2.32. The van der Waals surface area contributed by atoms with Gasteiger partial charge in [0.2, 0.25) is 0 Å². The highest BCUT2D eigenvalue weighted by Crippen LogP contribution is 2.24. The number of benzene rings is 1. The van der Waals surface area contributed by atoms with Gasteiger partial charge in [-0.3, -0.25) is 9.59 Å². The van der Waals surface area contributed by atoms with E-state index in [2.05, 4.69) is 0 Å². The fourth-order valence-corrected chi connectivity index (χ4v) is 2.50. The van der Waals surface area contributed by atoms with Gasteiger partial charge in [0.25, 0.3) is 5.91 Å². The molecule has 0 radical (unpaired) electrons. The fourth-order valence-electron chi connectivity index (χ4n) is 2.50. The van der Waals surface area contributed by atoms with Crippen molar-refractivity contribution in [3.8, 4) is 0 Å². The third-order valence-electron chi connectivity index (χ3n) is 3.59. The van der Waals surface area contributed by atoms with Crippen LogP contribution >= 0.6 is 0 Å². The molecular formula is C17H23NO2. The first-order valence-electron chi connectivity index (χ1n) is 7.03. The molecule has 0 heterocycles. The van der Waals surface area contributed by atoms with Gasteiger partial charge in [-0.2, -0.15) is 0 Å². The first-order valence-corrected chi connectivity index (χ1v) is 7.03. The van der Waals surface area contributed by atoms with Crippen LogP contribution in [0.2, 0.25) is 0 Å². The summed E-state index contributed by atoms with van der Waals surface area (Å²) in [6.45, 7) is 11.0. The second kappa shape index (κ2) is 7.04. The normalized spacial score (nSPS) is 10.8. The molecule has 0 aliphatic heterocycles. The SMILES string of the molecule is C/C=C/c1c(C)cc(C=O)c(C(=O)N(CC)CC)c1C. The first-order chi connectivity index (χ1) is 9.51. The van der Waals surface area contributed by atoms with Crippen LogP contribution in [0.15, 0.2) is 12.1 Å². The highest BCUT2D eigenvalue weighted by atomic mass is 16.2. The molecule has 0 atom stereocenters. The molecule has 0 aliphatic rings. The Morgan fingerprint density at radius 2 is 1.85 bits per heavy atom. The van der Waals surface area contributed by atoms with Gasteiger partial charge in [0.05, 0.1) is 5.56 Å². The smallest absolute Gasteiger partial charge is 0.254 e. The van der Waals surface area contributed by atoms with Gasteiger partial charge in [0.15, 0.2) is 6.29 Å². The number of carbonyl (C=O) groups excluding carboxylic acids is 2. The van der Waals surface area contributed by atoms with E-state index in [0.717, 1.165) is 23.0 Å². The molecule has 0 unspecified atom stereocenters. The standard InChI is InChI=1S/C17H23NO2/c1-6-9-15-12(4)10-14(11-19)16(13(15)5)17(20)18(7-2)8-3/h6,9-11H,7-8H2,1-5H3/b9-6+. The molecule has 1 aromatic rings. The Morgan fingerprint density at radius 1 is 1.25 bits per heavy atom. The number of rotatable bonds is 5. The van der Waals surface area contributed by atoms with E-state index in [0.29, 0.717) is 24.2 Å². The van der Waals surface area contributed by atoms with Crippen molar-refractivity contribution in [1.82, 2.24) is 4.90 Å². The number of aldehydes is 1. The van der Waals surface area contributed by atoms with Crippen LogP contribution in [-0.2, 0) is 0 Å². The maximum absolute atomic E-state index is 12.6. The Bertz CT molecular complexity index is 540. The first kappa shape index (κ1) is 16.2. The van der Waals surface area contributed by atoms with E-state index < -0.39 is 0 Å². The van der Waals surface area contributed by atoms with Crippen LogP contribution in [0.4, 0.5) is 0 Å². The van der Waals surface area contributed by atoms with Gasteiger partial charge in [0, 0.05) is 18.7 Å². The largest absolute Gasteiger partial charge is 0.339 e. The van der Waals surface area contributed by atoms with Crippen LogP contribution in [-0.4, -0.2) is 30.2 Å². The van der Waals surface area contributed by atoms with Crippen molar-refractivity contribution in [1.29, 1.82) is 0 Å². The Hall–Kier alpha value is -1.90. The van der Waals surface area contributed by atoms with Crippen molar-refractivity contribution >= 4 is 18.3 Å². The van der Waals surface area contributed by atoms with Crippen LogP contribution in [0.3, 0.4) is 0 Å². The van der Waals surface area contributed by atoms with Crippen molar-refractivity contribution in [2.45, 2.75) is 34.6 Å². The summed E-state index contributed by atoms with van der Waals surface area (Å²) < 4.78 is 0. The summed E-state index contributed by atoms with van der Waals surface area (Å²) in [5.74, 6) is -0.0691. The zero-order valence-corrected chi connectivity index (χ0v) is 13.0. The Balaban J connectivity index is 3.55. The summed E-state index contributed by atoms with van der Waals surface area (Å²) in [6.07, 6.45) is 4.70. The van der Waals surface area contributed by atoms with Crippen LogP contribution in [0, 0.1) is 13.8 Å². The summed E-state index contributed by atoms with van der Waals surface area (Å²) >= 11 is 0. The zero-order valence-electron chi connectivity index (χ0n) is 13.0. The molecule has 0 saturated carbocycles. The fraction of sp³-hybridized carbons (Fsp3) is 0.412. The average molecular weight is 273 g/mol. The molecule has 0 aliphatic carbocycles. The van der Waals surface area contributed by atoms with E-state index in [1.165, 1.54) is 0 Å². The van der Waals surface area contributed by atoms with E-state index >= 15 is 0 Å². The number of carbonyl (C=O) groups is 2. The summed E-state index contributed by atoms with van der Waals surface area (Å²) in [4.78, 5) is 25.7. The summed E-state index contributed by atoms with van der Waals surface area (Å²) in [5.41, 5.74) is 3.92. The average Bonchev–Trinajstić information content (AvgIpc) is 2.43. The predicted octanol–water partition coefficient (Wildman–Crippen LogP) is 3.63. The molecule has 0 fully saturated rings. The number of allylic oxidation sites excluding steroid dienone is 1. The van der Waals surface area contributed by atoms with Gasteiger partial charge in [-0.25, -0.2) is 0 Å². The molecule has 3 heteroatoms. The molecule has 0 N–H and O–H groups in total. The quantitative estimate of drug-likeness (QED) is 0.768.